The van der Waals surface area contributed by atoms with Crippen molar-refractivity contribution in [2.45, 2.75) is 19.3 Å². The van der Waals surface area contributed by atoms with E-state index in [4.69, 9.17) is 4.74 Å². The Morgan fingerprint density at radius 2 is 1.79 bits per heavy atom. The van der Waals surface area contributed by atoms with Gasteiger partial charge in [-0.3, -0.25) is 0 Å². The highest BCUT2D eigenvalue weighted by atomic mass is 16.5. The Kier molecular flexibility index (Phi) is 2.81. The zero-order chi connectivity index (χ0) is 9.80. The van der Waals surface area contributed by atoms with E-state index in [0.29, 0.717) is 5.75 Å². The van der Waals surface area contributed by atoms with Crippen molar-refractivity contribution in [1.29, 1.82) is 0 Å². The van der Waals surface area contributed by atoms with Gasteiger partial charge < -0.3 is 9.64 Å². The molecule has 0 radical (unpaired) electrons. The maximum atomic E-state index is 5.01. The van der Waals surface area contributed by atoms with Crippen LogP contribution >= 0.6 is 0 Å². The third-order valence-corrected chi connectivity index (χ3v) is 2.49. The molecule has 1 saturated heterocycles. The van der Waals surface area contributed by atoms with Crippen molar-refractivity contribution in [2.24, 2.45) is 0 Å². The summed E-state index contributed by atoms with van der Waals surface area (Å²) in [5, 5.41) is 0. The van der Waals surface area contributed by atoms with E-state index in [1.807, 2.05) is 0 Å². The van der Waals surface area contributed by atoms with Crippen LogP contribution in [0.3, 0.4) is 0 Å². The maximum Gasteiger partial charge on any atom is 0.225 e. The molecule has 4 heteroatoms. The quantitative estimate of drug-likeness (QED) is 0.713. The summed E-state index contributed by atoms with van der Waals surface area (Å²) in [5.41, 5.74) is 0. The average molecular weight is 193 g/mol. The van der Waals surface area contributed by atoms with Gasteiger partial charge >= 0.3 is 0 Å². The number of methoxy groups -OCH3 is 1. The first-order chi connectivity index (χ1) is 6.90. The van der Waals surface area contributed by atoms with E-state index in [2.05, 4.69) is 14.9 Å². The number of anilines is 1. The van der Waals surface area contributed by atoms with Gasteiger partial charge in [0.25, 0.3) is 0 Å². The van der Waals surface area contributed by atoms with Gasteiger partial charge in [0.1, 0.15) is 0 Å². The fourth-order valence-corrected chi connectivity index (χ4v) is 1.67. The van der Waals surface area contributed by atoms with E-state index in [1.165, 1.54) is 19.3 Å². The zero-order valence-corrected chi connectivity index (χ0v) is 8.44. The number of nitrogens with zero attached hydrogens (tertiary/aromatic N) is 3. The third kappa shape index (κ3) is 1.95. The Balaban J connectivity index is 2.07. The molecule has 76 valence electrons. The minimum atomic E-state index is 0.714. The van der Waals surface area contributed by atoms with Crippen molar-refractivity contribution in [3.05, 3.63) is 12.4 Å². The number of ether oxygens (including phenoxy) is 1. The monoisotopic (exact) mass is 193 g/mol. The van der Waals surface area contributed by atoms with E-state index >= 15 is 0 Å². The van der Waals surface area contributed by atoms with Crippen molar-refractivity contribution >= 4 is 5.95 Å². The van der Waals surface area contributed by atoms with Crippen LogP contribution in [-0.2, 0) is 0 Å². The van der Waals surface area contributed by atoms with Gasteiger partial charge in [0.2, 0.25) is 5.95 Å². The number of hydrogen-bond acceptors (Lipinski definition) is 4. The van der Waals surface area contributed by atoms with E-state index in [-0.39, 0.29) is 0 Å². The highest BCUT2D eigenvalue weighted by Gasteiger charge is 2.12. The SMILES string of the molecule is COc1cnc(N2CCCCC2)nc1. The lowest BCUT2D eigenvalue weighted by molar-refractivity contribution is 0.410. The van der Waals surface area contributed by atoms with Crippen LogP contribution in [0.5, 0.6) is 5.75 Å². The van der Waals surface area contributed by atoms with Crippen LogP contribution in [0.1, 0.15) is 19.3 Å². The molecule has 0 atom stereocenters. The molecule has 1 aromatic rings. The molecule has 0 aliphatic carbocycles. The minimum absolute atomic E-state index is 0.714. The van der Waals surface area contributed by atoms with Gasteiger partial charge in [0.05, 0.1) is 19.5 Å². The Labute approximate surface area is 83.9 Å². The predicted octanol–water partition coefficient (Wildman–Crippen LogP) is 1.48. The summed E-state index contributed by atoms with van der Waals surface area (Å²) in [6, 6.07) is 0. The Bertz CT molecular complexity index is 280. The van der Waals surface area contributed by atoms with Crippen LogP contribution in [0.15, 0.2) is 12.4 Å². The Morgan fingerprint density at radius 1 is 1.14 bits per heavy atom. The fourth-order valence-electron chi connectivity index (χ4n) is 1.67. The van der Waals surface area contributed by atoms with E-state index in [0.717, 1.165) is 19.0 Å². The molecule has 4 nitrogen and oxygen atoms in total. The second-order valence-corrected chi connectivity index (χ2v) is 3.47. The van der Waals surface area contributed by atoms with Crippen LogP contribution < -0.4 is 9.64 Å². The molecule has 0 unspecified atom stereocenters. The minimum Gasteiger partial charge on any atom is -0.494 e. The number of hydrogen-bond donors (Lipinski definition) is 0. The maximum absolute atomic E-state index is 5.01. The van der Waals surface area contributed by atoms with Crippen LogP contribution in [0.2, 0.25) is 0 Å². The van der Waals surface area contributed by atoms with Crippen LogP contribution in [0, 0.1) is 0 Å². The van der Waals surface area contributed by atoms with Gasteiger partial charge in [0, 0.05) is 13.1 Å². The summed E-state index contributed by atoms with van der Waals surface area (Å²) in [4.78, 5) is 10.8. The average Bonchev–Trinajstić information content (AvgIpc) is 2.30. The molecular weight excluding hydrogens is 178 g/mol. The lowest BCUT2D eigenvalue weighted by Crippen LogP contribution is -2.30. The van der Waals surface area contributed by atoms with Gasteiger partial charge in [-0.1, -0.05) is 0 Å². The van der Waals surface area contributed by atoms with E-state index in [1.54, 1.807) is 19.5 Å². The van der Waals surface area contributed by atoms with Gasteiger partial charge in [-0.15, -0.1) is 0 Å². The van der Waals surface area contributed by atoms with Gasteiger partial charge in [0.15, 0.2) is 5.75 Å². The van der Waals surface area contributed by atoms with Gasteiger partial charge in [-0.2, -0.15) is 0 Å². The molecule has 0 amide bonds. The molecule has 1 aromatic heterocycles. The summed E-state index contributed by atoms with van der Waals surface area (Å²) in [5.74, 6) is 1.54. The normalized spacial score (nSPS) is 16.8. The van der Waals surface area contributed by atoms with Gasteiger partial charge in [-0.25, -0.2) is 9.97 Å². The molecule has 2 rings (SSSR count). The van der Waals surface area contributed by atoms with Crippen LogP contribution in [0.25, 0.3) is 0 Å². The summed E-state index contributed by atoms with van der Waals surface area (Å²) in [6.07, 6.45) is 7.26. The zero-order valence-electron chi connectivity index (χ0n) is 8.44. The highest BCUT2D eigenvalue weighted by molar-refractivity contribution is 5.31. The van der Waals surface area contributed by atoms with Crippen molar-refractivity contribution in [3.63, 3.8) is 0 Å². The standard InChI is InChI=1S/C10H15N3O/c1-14-9-7-11-10(12-8-9)13-5-3-2-4-6-13/h7-8H,2-6H2,1H3. The molecule has 1 fully saturated rings. The number of aromatic nitrogens is 2. The largest absolute Gasteiger partial charge is 0.494 e. The smallest absolute Gasteiger partial charge is 0.225 e. The fraction of sp³-hybridized carbons (Fsp3) is 0.600. The number of rotatable bonds is 2. The van der Waals surface area contributed by atoms with Crippen LogP contribution in [-0.4, -0.2) is 30.2 Å². The lowest BCUT2D eigenvalue weighted by Gasteiger charge is -2.26. The van der Waals surface area contributed by atoms with Crippen LogP contribution in [0.4, 0.5) is 5.95 Å². The summed E-state index contributed by atoms with van der Waals surface area (Å²) < 4.78 is 5.01. The molecular formula is C10H15N3O. The molecule has 1 aliphatic heterocycles. The molecule has 0 bridgehead atoms. The Hall–Kier alpha value is -1.32. The second-order valence-electron chi connectivity index (χ2n) is 3.47. The second kappa shape index (κ2) is 4.26. The predicted molar refractivity (Wildman–Crippen MR) is 54.6 cm³/mol. The third-order valence-electron chi connectivity index (χ3n) is 2.49. The van der Waals surface area contributed by atoms with E-state index in [9.17, 15) is 0 Å². The lowest BCUT2D eigenvalue weighted by atomic mass is 10.1. The summed E-state index contributed by atoms with van der Waals surface area (Å²) in [6.45, 7) is 2.15. The first-order valence-corrected chi connectivity index (χ1v) is 5.01. The summed E-state index contributed by atoms with van der Waals surface area (Å²) in [7, 11) is 1.62. The molecule has 0 spiro atoms. The first kappa shape index (κ1) is 9.24. The topological polar surface area (TPSA) is 38.2 Å². The molecule has 2 heterocycles. The molecule has 1 aliphatic rings. The summed E-state index contributed by atoms with van der Waals surface area (Å²) >= 11 is 0. The van der Waals surface area contributed by atoms with Crippen molar-refractivity contribution < 1.29 is 4.74 Å². The molecule has 14 heavy (non-hydrogen) atoms. The molecule has 0 saturated carbocycles. The van der Waals surface area contributed by atoms with Crippen molar-refractivity contribution in [2.75, 3.05) is 25.1 Å². The van der Waals surface area contributed by atoms with Crippen molar-refractivity contribution in [3.8, 4) is 5.75 Å². The molecule has 0 N–H and O–H groups in total. The number of piperidine rings is 1. The first-order valence-electron chi connectivity index (χ1n) is 5.01. The molecule has 0 aromatic carbocycles. The van der Waals surface area contributed by atoms with E-state index < -0.39 is 0 Å². The van der Waals surface area contributed by atoms with Crippen molar-refractivity contribution in [1.82, 2.24) is 9.97 Å². The van der Waals surface area contributed by atoms with Gasteiger partial charge in [-0.05, 0) is 19.3 Å². The highest BCUT2D eigenvalue weighted by Crippen LogP contribution is 2.16. The Morgan fingerprint density at radius 3 is 2.36 bits per heavy atom.